The van der Waals surface area contributed by atoms with Crippen molar-refractivity contribution in [1.82, 2.24) is 4.90 Å². The van der Waals surface area contributed by atoms with E-state index < -0.39 is 59.3 Å². The topological polar surface area (TPSA) is 48.0 Å². The van der Waals surface area contributed by atoms with Gasteiger partial charge in [-0.25, -0.2) is 4.39 Å². The molecule has 0 aromatic heterocycles. The Morgan fingerprint density at radius 3 is 2.16 bits per heavy atom. The van der Waals surface area contributed by atoms with Crippen molar-refractivity contribution >= 4 is 5.91 Å². The number of amides is 1. The molecule has 1 amide bonds. The molecule has 12 heteroatoms. The van der Waals surface area contributed by atoms with Crippen molar-refractivity contribution in [2.45, 2.75) is 74.9 Å². The normalized spacial score (nSPS) is 26.0. The van der Waals surface area contributed by atoms with Crippen molar-refractivity contribution in [1.29, 1.82) is 0 Å². The number of halogens is 7. The van der Waals surface area contributed by atoms with Gasteiger partial charge in [0.1, 0.15) is 5.82 Å². The first kappa shape index (κ1) is 30.8. The van der Waals surface area contributed by atoms with Crippen LogP contribution in [0.15, 0.2) is 65.8 Å². The maximum Gasteiger partial charge on any atom is 0.416 e. The van der Waals surface area contributed by atoms with Crippen LogP contribution in [0.25, 0.3) is 0 Å². The van der Waals surface area contributed by atoms with E-state index in [4.69, 9.17) is 14.2 Å². The van der Waals surface area contributed by atoms with Gasteiger partial charge in [-0.2, -0.15) is 26.3 Å². The van der Waals surface area contributed by atoms with Crippen LogP contribution in [0.5, 0.6) is 0 Å². The Balaban J connectivity index is 1.32. The molecular formula is C32H30F7NO4. The summed E-state index contributed by atoms with van der Waals surface area (Å²) in [6.07, 6.45) is -6.02. The Morgan fingerprint density at radius 2 is 1.59 bits per heavy atom. The van der Waals surface area contributed by atoms with Crippen LogP contribution in [0.1, 0.15) is 66.9 Å². The number of fused-ring (bicyclic) bond motifs is 1. The Morgan fingerprint density at radius 1 is 0.955 bits per heavy atom. The van der Waals surface area contributed by atoms with Crippen LogP contribution < -0.4 is 0 Å². The zero-order chi connectivity index (χ0) is 31.4. The summed E-state index contributed by atoms with van der Waals surface area (Å²) in [5.74, 6) is -1.84. The van der Waals surface area contributed by atoms with Gasteiger partial charge in [0.15, 0.2) is 5.79 Å². The lowest BCUT2D eigenvalue weighted by Gasteiger charge is -2.35. The largest absolute Gasteiger partial charge is 0.416 e. The fourth-order valence-electron chi connectivity index (χ4n) is 6.69. The molecule has 236 valence electrons. The number of hydrogen-bond acceptors (Lipinski definition) is 4. The summed E-state index contributed by atoms with van der Waals surface area (Å²) in [5, 5.41) is 0. The summed E-state index contributed by atoms with van der Waals surface area (Å²) >= 11 is 0. The lowest BCUT2D eigenvalue weighted by Crippen LogP contribution is -2.40. The van der Waals surface area contributed by atoms with Crippen LogP contribution in [0.2, 0.25) is 0 Å². The van der Waals surface area contributed by atoms with Crippen LogP contribution in [0, 0.1) is 5.82 Å². The average Bonchev–Trinajstić information content (AvgIpc) is 3.57. The minimum Gasteiger partial charge on any atom is -0.368 e. The number of hydrogen-bond donors (Lipinski definition) is 0. The Hall–Kier alpha value is -3.22. The van der Waals surface area contributed by atoms with Crippen LogP contribution in [0.4, 0.5) is 30.7 Å². The average molecular weight is 626 g/mol. The van der Waals surface area contributed by atoms with Gasteiger partial charge < -0.3 is 19.1 Å². The molecule has 0 saturated carbocycles. The van der Waals surface area contributed by atoms with Gasteiger partial charge in [0.05, 0.1) is 49.0 Å². The molecule has 0 N–H and O–H groups in total. The number of rotatable bonds is 5. The third-order valence-corrected chi connectivity index (χ3v) is 8.91. The second-order valence-corrected chi connectivity index (χ2v) is 11.7. The van der Waals surface area contributed by atoms with E-state index in [0.717, 1.165) is 11.1 Å². The summed E-state index contributed by atoms with van der Waals surface area (Å²) in [6.45, 7) is 2.50. The summed E-state index contributed by atoms with van der Waals surface area (Å²) in [5.41, 5.74) is -0.689. The van der Waals surface area contributed by atoms with Crippen LogP contribution in [-0.2, 0) is 31.4 Å². The molecule has 1 spiro atoms. The van der Waals surface area contributed by atoms with Gasteiger partial charge in [0, 0.05) is 25.3 Å². The van der Waals surface area contributed by atoms with E-state index >= 15 is 0 Å². The number of nitrogens with zero attached hydrogens (tertiary/aromatic N) is 1. The predicted molar refractivity (Wildman–Crippen MR) is 144 cm³/mol. The van der Waals surface area contributed by atoms with Gasteiger partial charge in [0.2, 0.25) is 5.91 Å². The number of benzene rings is 2. The van der Waals surface area contributed by atoms with Gasteiger partial charge in [-0.3, -0.25) is 4.79 Å². The third-order valence-electron chi connectivity index (χ3n) is 8.91. The highest BCUT2D eigenvalue weighted by atomic mass is 19.4. The lowest BCUT2D eigenvalue weighted by atomic mass is 9.82. The first-order valence-electron chi connectivity index (χ1n) is 14.4. The van der Waals surface area contributed by atoms with Crippen LogP contribution >= 0.6 is 0 Å². The molecule has 0 radical (unpaired) electrons. The van der Waals surface area contributed by atoms with Gasteiger partial charge in [-0.1, -0.05) is 24.3 Å². The fourth-order valence-corrected chi connectivity index (χ4v) is 6.69. The summed E-state index contributed by atoms with van der Waals surface area (Å²) in [6, 6.07) is 6.50. The summed E-state index contributed by atoms with van der Waals surface area (Å²) < 4.78 is 113. The molecule has 5 nitrogen and oxygen atoms in total. The molecule has 4 atom stereocenters. The highest BCUT2D eigenvalue weighted by molar-refractivity contribution is 5.83. The van der Waals surface area contributed by atoms with E-state index in [2.05, 4.69) is 0 Å². The third kappa shape index (κ3) is 6.03. The van der Waals surface area contributed by atoms with Crippen molar-refractivity contribution in [2.75, 3.05) is 19.8 Å². The Bertz CT molecular complexity index is 1440. The molecule has 2 fully saturated rings. The van der Waals surface area contributed by atoms with Crippen molar-refractivity contribution < 1.29 is 49.7 Å². The fraction of sp³-hybridized carbons (Fsp3) is 0.469. The highest BCUT2D eigenvalue weighted by Crippen LogP contribution is 2.45. The minimum absolute atomic E-state index is 0.0641. The molecule has 6 rings (SSSR count). The van der Waals surface area contributed by atoms with Gasteiger partial charge >= 0.3 is 12.4 Å². The maximum absolute atomic E-state index is 13.9. The molecule has 3 aliphatic heterocycles. The van der Waals surface area contributed by atoms with Crippen molar-refractivity contribution in [2.24, 2.45) is 0 Å². The minimum atomic E-state index is -5.00. The molecule has 3 heterocycles. The molecular weight excluding hydrogens is 595 g/mol. The second-order valence-electron chi connectivity index (χ2n) is 11.7. The number of carbonyl (C=O) groups is 1. The Labute approximate surface area is 249 Å². The smallest absolute Gasteiger partial charge is 0.368 e. The lowest BCUT2D eigenvalue weighted by molar-refractivity contribution is -0.161. The first-order valence-corrected chi connectivity index (χ1v) is 14.4. The molecule has 4 aliphatic rings. The van der Waals surface area contributed by atoms with E-state index in [9.17, 15) is 35.5 Å². The SMILES string of the molecule is C[C@@H](OC1CN2C(=O)CC(C3=CCC4(CC3)OCCO4)=CC2[C@@H]1c1ccc(F)cc1)c1cc(C(F)(F)F)cc(C(F)(F)F)c1. The first-order chi connectivity index (χ1) is 20.7. The predicted octanol–water partition coefficient (Wildman–Crippen LogP) is 7.49. The highest BCUT2D eigenvalue weighted by Gasteiger charge is 2.48. The molecule has 2 aromatic carbocycles. The second kappa shape index (κ2) is 11.3. The van der Waals surface area contributed by atoms with Gasteiger partial charge in [0.25, 0.3) is 0 Å². The quantitative estimate of drug-likeness (QED) is 0.323. The van der Waals surface area contributed by atoms with Gasteiger partial charge in [-0.05, 0) is 65.9 Å². The molecule has 2 saturated heterocycles. The number of allylic oxidation sites excluding steroid dienone is 1. The maximum atomic E-state index is 13.9. The van der Waals surface area contributed by atoms with Crippen molar-refractivity contribution in [3.8, 4) is 0 Å². The molecule has 1 aliphatic carbocycles. The number of ether oxygens (including phenoxy) is 3. The molecule has 44 heavy (non-hydrogen) atoms. The van der Waals surface area contributed by atoms with Crippen LogP contribution in [-0.4, -0.2) is 48.5 Å². The van der Waals surface area contributed by atoms with E-state index in [0.29, 0.717) is 50.2 Å². The van der Waals surface area contributed by atoms with E-state index in [1.54, 1.807) is 17.0 Å². The summed E-state index contributed by atoms with van der Waals surface area (Å²) in [7, 11) is 0. The van der Waals surface area contributed by atoms with Crippen molar-refractivity contribution in [3.63, 3.8) is 0 Å². The number of carbonyl (C=O) groups excluding carboxylic acids is 1. The molecule has 0 bridgehead atoms. The zero-order valence-electron chi connectivity index (χ0n) is 23.7. The monoisotopic (exact) mass is 625 g/mol. The van der Waals surface area contributed by atoms with Gasteiger partial charge in [-0.15, -0.1) is 0 Å². The molecule has 2 unspecified atom stereocenters. The Kier molecular flexibility index (Phi) is 7.90. The van der Waals surface area contributed by atoms with Crippen molar-refractivity contribution in [3.05, 3.63) is 93.8 Å². The summed E-state index contributed by atoms with van der Waals surface area (Å²) in [4.78, 5) is 15.1. The number of alkyl halides is 6. The van der Waals surface area contributed by atoms with E-state index in [1.807, 2.05) is 12.2 Å². The standard InChI is InChI=1S/C32H30F7NO4/c1-18(21-12-23(31(34,35)36)16-24(13-21)32(37,38)39)44-27-17-40-26(29(27)20-2-4-25(33)5-3-20)14-22(15-28(40)41)19-6-8-30(9-7-19)42-10-11-43-30/h2-6,12-14,16,18,26-27,29H,7-11,15,17H2,1H3/t18-,26?,27?,29+/m1/s1. The van der Waals surface area contributed by atoms with Crippen LogP contribution in [0.3, 0.4) is 0 Å². The van der Waals surface area contributed by atoms with E-state index in [-0.39, 0.29) is 30.5 Å². The molecule has 2 aromatic rings. The van der Waals surface area contributed by atoms with E-state index in [1.165, 1.54) is 19.1 Å². The zero-order valence-corrected chi connectivity index (χ0v) is 23.7.